The summed E-state index contributed by atoms with van der Waals surface area (Å²) in [6.45, 7) is 9.60. The van der Waals surface area contributed by atoms with Gasteiger partial charge in [0.2, 0.25) is 47.3 Å². The number of aromatic amines is 1. The fraction of sp³-hybridized carbons (Fsp3) is 0.421. The third-order valence-electron chi connectivity index (χ3n) is 18.8. The monoisotopic (exact) mass is 1610 g/mol. The predicted molar refractivity (Wildman–Crippen MR) is 428 cm³/mol. The minimum Gasteiger partial charge on any atom is -0.604 e. The van der Waals surface area contributed by atoms with Crippen molar-refractivity contribution >= 4 is 146 Å². The first-order chi connectivity index (χ1) is 52.3. The van der Waals surface area contributed by atoms with Crippen LogP contribution in [0.4, 0.5) is 0 Å². The van der Waals surface area contributed by atoms with Crippen LogP contribution >= 0.6 is 43.7 Å². The summed E-state index contributed by atoms with van der Waals surface area (Å²) in [6, 6.07) is 15.3. The van der Waals surface area contributed by atoms with Gasteiger partial charge in [0.15, 0.2) is 32.8 Å². The highest BCUT2D eigenvalue weighted by Gasteiger charge is 2.69. The second-order valence-electron chi connectivity index (χ2n) is 27.7. The maximum atomic E-state index is 14.9. The molecule has 1 unspecified atom stereocenters. The summed E-state index contributed by atoms with van der Waals surface area (Å²) in [7, 11) is 0.737. The highest BCUT2D eigenvalue weighted by molar-refractivity contribution is 8.79. The number of rotatable bonds is 17. The number of allylic oxidation sites excluding steroid dienone is 3. The van der Waals surface area contributed by atoms with E-state index in [0.717, 1.165) is 48.8 Å². The molecule has 29 nitrogen and oxygen atoms in total. The van der Waals surface area contributed by atoms with Crippen molar-refractivity contribution in [1.29, 1.82) is 0 Å². The quantitative estimate of drug-likeness (QED) is 0.0265. The van der Waals surface area contributed by atoms with E-state index in [0.29, 0.717) is 51.0 Å². The summed E-state index contributed by atoms with van der Waals surface area (Å²) in [5, 5.41) is 75.8. The first-order valence-electron chi connectivity index (χ1n) is 35.7. The van der Waals surface area contributed by atoms with Gasteiger partial charge < -0.3 is 89.5 Å². The predicted octanol–water partition coefficient (Wildman–Crippen LogP) is 4.04. The molecule has 2 bridgehead atoms. The van der Waals surface area contributed by atoms with E-state index in [-0.39, 0.29) is 74.6 Å². The number of unbranched alkanes of at least 4 members (excludes halogenated alkanes) is 1. The lowest BCUT2D eigenvalue weighted by molar-refractivity contribution is -0.136. The van der Waals surface area contributed by atoms with Crippen LogP contribution in [0.25, 0.3) is 27.8 Å². The molecule has 0 aliphatic carbocycles. The van der Waals surface area contributed by atoms with Crippen LogP contribution in [0.5, 0.6) is 5.75 Å². The molecular formula is C76H95N13O16S5. The number of hydrogen-bond acceptors (Lipinski definition) is 23. The minimum atomic E-state index is -1.97. The van der Waals surface area contributed by atoms with Crippen molar-refractivity contribution in [1.82, 2.24) is 47.2 Å². The number of phenolic OH excluding ortho intramolecular Hbond substituents is 1. The smallest absolute Gasteiger partial charge is 0.276 e. The molecule has 19 N–H and O–H groups in total. The zero-order valence-electron chi connectivity index (χ0n) is 61.5. The normalized spacial score (nSPS) is 26.4. The molecule has 2 fully saturated rings. The first kappa shape index (κ1) is 86.7. The van der Waals surface area contributed by atoms with E-state index in [4.69, 9.17) is 17.2 Å². The zero-order chi connectivity index (χ0) is 80.1. The number of thiazole rings is 1. The summed E-state index contributed by atoms with van der Waals surface area (Å²) < 4.78 is 11.5. The van der Waals surface area contributed by atoms with E-state index >= 15 is 0 Å². The Hall–Kier alpha value is -8.94. The molecule has 1 spiro atoms. The van der Waals surface area contributed by atoms with Crippen LogP contribution in [0.3, 0.4) is 0 Å². The van der Waals surface area contributed by atoms with Crippen LogP contribution in [0, 0.1) is 5.92 Å². The molecule has 14 atom stereocenters. The molecule has 8 amide bonds. The number of aliphatic hydroxyl groups excluding tert-OH is 3. The number of carbonyl (C=O) groups excluding carboxylic acids is 10. The fourth-order valence-electron chi connectivity index (χ4n) is 12.3. The number of nitrogens with zero attached hydrogens (tertiary/aromatic N) is 2. The van der Waals surface area contributed by atoms with Crippen LogP contribution in [0.2, 0.25) is 0 Å². The van der Waals surface area contributed by atoms with Crippen molar-refractivity contribution in [3.63, 3.8) is 0 Å². The molecule has 3 aliphatic rings. The number of ketones is 1. The Morgan fingerprint density at radius 1 is 0.791 bits per heavy atom. The number of para-hydroxylation sites is 1. The number of aliphatic hydroxyl groups is 4. The topological polar surface area (TPSA) is 498 Å². The number of H-pyrrole nitrogens is 1. The maximum Gasteiger partial charge on any atom is 0.276 e. The van der Waals surface area contributed by atoms with E-state index in [1.807, 2.05) is 66.7 Å². The number of nitrogens with two attached hydrogens (primary N) is 3. The second kappa shape index (κ2) is 40.3. The van der Waals surface area contributed by atoms with E-state index in [1.54, 1.807) is 63.6 Å². The van der Waals surface area contributed by atoms with Gasteiger partial charge in [-0.3, -0.25) is 47.9 Å². The van der Waals surface area contributed by atoms with Crippen LogP contribution in [-0.4, -0.2) is 193 Å². The largest absolute Gasteiger partial charge is 0.604 e. The fourth-order valence-corrected chi connectivity index (χ4v) is 19.4. The van der Waals surface area contributed by atoms with Gasteiger partial charge in [0.1, 0.15) is 65.2 Å². The maximum absolute atomic E-state index is 14.9. The van der Waals surface area contributed by atoms with E-state index in [2.05, 4.69) is 52.2 Å². The van der Waals surface area contributed by atoms with Crippen molar-refractivity contribution in [2.75, 3.05) is 18.1 Å². The standard InChI is InChI=1S/C54H69N11O10S2.C22H26N2O6S3/c1-29(2)45-54(75)63-44(53(74)65-46(30(3)66)47(57)68)28-77-76-27-43(62-48(69)38(56)23-32-15-18-33-10-4-5-11-34(33)22-32)52(73)60-41(24-31-16-19-36(67)20-17-31)50(71)61-42(25-35-26-58-39-13-7-6-12-37(35)39)51(72)59-40(49(70)64-45)14-8-9-21-55;1-13-8-9-22(21(3,29)20(28)32-33(22)30)11-18(27)23-14(2)19-24-15(12-31-19)6-4-5-7-16(25)17(26)10-13/h4-7,10-13,15-20,22,26,29-30,38,40-46,58,66-67H,8-9,14,21,23-25,27-28,55-56H2,1-3H3,(H2,57,68)(H,59,72)(H,60,73)(H,61,71)(H,62,69)(H,63,75)(H,64,70)(H,65,74);4-7,10,12,14,17,26,29H,8-9,11H2,1-3H3,(H,23,27)/b;6-4-,7-5+,13-10+/t30-,38-,40+,41+,42-,43+,44+,45+,46+;14-,17-,21+,22-,33?/m11/s1. The lowest BCUT2D eigenvalue weighted by Gasteiger charge is -2.35. The number of aromatic nitrogens is 2. The molecule has 110 heavy (non-hydrogen) atoms. The molecule has 590 valence electrons. The van der Waals surface area contributed by atoms with E-state index in [9.17, 15) is 78.0 Å². The van der Waals surface area contributed by atoms with Gasteiger partial charge in [-0.25, -0.2) is 9.98 Å². The van der Waals surface area contributed by atoms with Crippen molar-refractivity contribution in [3.8, 4) is 5.75 Å². The lowest BCUT2D eigenvalue weighted by atomic mass is 9.81. The highest BCUT2D eigenvalue weighted by atomic mass is 33.1. The van der Waals surface area contributed by atoms with Gasteiger partial charge >= 0.3 is 0 Å². The minimum absolute atomic E-state index is 0.0501. The Kier molecular flexibility index (Phi) is 31.8. The highest BCUT2D eigenvalue weighted by Crippen LogP contribution is 2.53. The Bertz CT molecular complexity index is 4420. The van der Waals surface area contributed by atoms with Gasteiger partial charge in [0.25, 0.3) is 5.12 Å². The molecular weight excluding hydrogens is 1510 g/mol. The summed E-state index contributed by atoms with van der Waals surface area (Å²) in [5.74, 6) is -8.50. The molecule has 0 radical (unpaired) electrons. The Morgan fingerprint density at radius 3 is 2.12 bits per heavy atom. The van der Waals surface area contributed by atoms with Gasteiger partial charge in [-0.15, -0.1) is 11.3 Å². The molecule has 0 saturated carbocycles. The van der Waals surface area contributed by atoms with Gasteiger partial charge in [0.05, 0.1) is 24.3 Å². The third kappa shape index (κ3) is 23.6. The number of aromatic hydroxyl groups is 1. The van der Waals surface area contributed by atoms with Gasteiger partial charge in [0, 0.05) is 63.5 Å². The molecule has 34 heteroatoms. The second-order valence-corrected chi connectivity index (χ2v) is 34.3. The molecule has 9 rings (SSSR count). The van der Waals surface area contributed by atoms with E-state index < -0.39 is 151 Å². The number of hydrogen-bond donors (Lipinski definition) is 16. The molecule has 3 aliphatic heterocycles. The Balaban J connectivity index is 0.000000382. The Labute approximate surface area is 654 Å². The van der Waals surface area contributed by atoms with Crippen molar-refractivity contribution in [2.45, 2.75) is 176 Å². The number of nitrogens with one attached hydrogen (secondary N) is 8. The molecule has 5 heterocycles. The number of fused-ring (bicyclic) bond motifs is 4. The van der Waals surface area contributed by atoms with Crippen molar-refractivity contribution < 1.29 is 78.0 Å². The number of aliphatic imine (C=N–C) groups is 1. The van der Waals surface area contributed by atoms with E-state index in [1.165, 1.54) is 55.5 Å². The average Bonchev–Trinajstić information content (AvgIpc) is 1.58. The summed E-state index contributed by atoms with van der Waals surface area (Å²) in [5.41, 5.74) is 19.8. The average molecular weight is 1610 g/mol. The summed E-state index contributed by atoms with van der Waals surface area (Å²) in [4.78, 5) is 150. The number of phenols is 1. The number of amides is 8. The van der Waals surface area contributed by atoms with Crippen molar-refractivity contribution in [2.24, 2.45) is 28.1 Å². The molecule has 2 aromatic heterocycles. The number of primary amides is 1. The van der Waals surface area contributed by atoms with Gasteiger partial charge in [-0.2, -0.15) is 0 Å². The summed E-state index contributed by atoms with van der Waals surface area (Å²) >= 11 is 1.34. The molecule has 6 aromatic rings. The van der Waals surface area contributed by atoms with Gasteiger partial charge in [-0.05, 0) is 136 Å². The van der Waals surface area contributed by atoms with Crippen LogP contribution in [-0.2, 0) is 77.4 Å². The summed E-state index contributed by atoms with van der Waals surface area (Å²) in [6.07, 6.45) is 7.24. The third-order valence-corrected chi connectivity index (χ3v) is 26.2. The van der Waals surface area contributed by atoms with Gasteiger partial charge in [-0.1, -0.05) is 126 Å². The first-order valence-corrected chi connectivity index (χ1v) is 41.6. The van der Waals surface area contributed by atoms with Crippen LogP contribution in [0.15, 0.2) is 137 Å². The number of benzene rings is 4. The van der Waals surface area contributed by atoms with Crippen LogP contribution < -0.4 is 54.4 Å². The van der Waals surface area contributed by atoms with Crippen molar-refractivity contribution in [3.05, 3.63) is 160 Å². The zero-order valence-corrected chi connectivity index (χ0v) is 65.6. The lowest BCUT2D eigenvalue weighted by Crippen LogP contribution is -2.62. The molecule has 4 aromatic carbocycles. The van der Waals surface area contributed by atoms with Crippen LogP contribution in [0.1, 0.15) is 114 Å². The SMILES string of the molecule is C/C1=C\[C@@H](O)C(=O)/C=C/C=C\c2csc(n2)[C@@H](C)N=C(O)C[C@@]2(CC1)[S+]([O-])SC(=O)[C@]2(C)O.CC(C)[C@@H]1NC(=O)[C@H](CCCCN)NC(=O)[C@@H](Cc2c[nH]c3ccccc23)NC(=O)[C@H](Cc2ccc(O)cc2)NC(=O)[C@@H](NC(=O)[C@H](N)Cc2ccc3ccccc3c2)CSSC[C@@H](C(=O)N[C@H](C(N)=O)[C@@H](C)O)NC1=O. The number of carbonyl (C=O) groups is 10. The Morgan fingerprint density at radius 2 is 1.44 bits per heavy atom. The molecule has 2 saturated heterocycles.